The molecule has 0 unspecified atom stereocenters. The van der Waals surface area contributed by atoms with Crippen LogP contribution >= 0.6 is 0 Å². The fourth-order valence-corrected chi connectivity index (χ4v) is 1.10. The Morgan fingerprint density at radius 1 is 1.23 bits per heavy atom. The molecule has 0 radical (unpaired) electrons. The van der Waals surface area contributed by atoms with Crippen LogP contribution in [0.25, 0.3) is 0 Å². The monoisotopic (exact) mass is 206 g/mol. The van der Waals surface area contributed by atoms with Gasteiger partial charge in [-0.1, -0.05) is 12.1 Å². The summed E-state index contributed by atoms with van der Waals surface area (Å²) in [5.41, 5.74) is -1.02. The zero-order valence-corrected chi connectivity index (χ0v) is 7.12. The van der Waals surface area contributed by atoms with Crippen molar-refractivity contribution in [3.8, 4) is 0 Å². The minimum Gasteiger partial charge on any atom is -0.229 e. The first-order valence-electron chi connectivity index (χ1n) is 3.25. The Bertz CT molecular complexity index is 355. The first-order chi connectivity index (χ1) is 6.05. The maximum absolute atomic E-state index is 12.2. The lowest BCUT2D eigenvalue weighted by Crippen LogP contribution is -2.04. The molecule has 0 amide bonds. The number of nitrogens with one attached hydrogen (secondary N) is 1. The van der Waals surface area contributed by atoms with E-state index in [1.807, 2.05) is 0 Å². The second-order valence-electron chi connectivity index (χ2n) is 2.20. The molecule has 0 heterocycles. The molecule has 0 saturated heterocycles. The van der Waals surface area contributed by atoms with Gasteiger partial charge in [-0.25, -0.2) is 4.78 Å². The van der Waals surface area contributed by atoms with E-state index in [-0.39, 0.29) is 17.0 Å². The molecule has 1 aromatic rings. The molecule has 0 bridgehead atoms. The Balaban J connectivity index is 3.27. The lowest BCUT2D eigenvalue weighted by Gasteiger charge is -2.07. The summed E-state index contributed by atoms with van der Waals surface area (Å²) in [6, 6.07) is 4.90. The molecular weight excluding hydrogens is 201 g/mol. The predicted octanol–water partition coefficient (Wildman–Crippen LogP) is 3.37. The fourth-order valence-electron chi connectivity index (χ4n) is 0.842. The lowest BCUT2D eigenvalue weighted by atomic mass is 10.2. The number of alkyl halides is 3. The van der Waals surface area contributed by atoms with Gasteiger partial charge in [0.25, 0.3) is 0 Å². The molecule has 1 aromatic carbocycles. The van der Waals surface area contributed by atoms with E-state index < -0.39 is 11.7 Å². The molecule has 70 valence electrons. The van der Waals surface area contributed by atoms with Crippen molar-refractivity contribution in [2.24, 2.45) is 4.36 Å². The molecule has 13 heavy (non-hydrogen) atoms. The van der Waals surface area contributed by atoms with Gasteiger partial charge >= 0.3 is 6.18 Å². The predicted molar refractivity (Wildman–Crippen MR) is 43.6 cm³/mol. The number of hydrogen-bond donors (Lipinski definition) is 1. The van der Waals surface area contributed by atoms with Crippen LogP contribution in [0.4, 0.5) is 18.9 Å². The second kappa shape index (κ2) is 3.69. The van der Waals surface area contributed by atoms with Crippen LogP contribution in [0.3, 0.4) is 0 Å². The van der Waals surface area contributed by atoms with E-state index in [4.69, 9.17) is 4.78 Å². The third-order valence-electron chi connectivity index (χ3n) is 1.35. The summed E-state index contributed by atoms with van der Waals surface area (Å²) < 4.78 is 46.7. The molecule has 0 aliphatic heterocycles. The lowest BCUT2D eigenvalue weighted by molar-refractivity contribution is -0.137. The van der Waals surface area contributed by atoms with Crippen LogP contribution < -0.4 is 0 Å². The van der Waals surface area contributed by atoms with Crippen LogP contribution in [0.2, 0.25) is 0 Å². The highest BCUT2D eigenvalue weighted by molar-refractivity contribution is 7.56. The smallest absolute Gasteiger partial charge is 0.229 e. The molecule has 6 heteroatoms. The molecule has 0 fully saturated rings. The molecule has 0 aromatic heterocycles. The minimum atomic E-state index is -4.41. The van der Waals surface area contributed by atoms with Crippen molar-refractivity contribution in [2.45, 2.75) is 6.18 Å². The van der Waals surface area contributed by atoms with E-state index in [9.17, 15) is 13.2 Å². The standard InChI is InChI=1S/C7H5F3N2S/c8-7(9,10)5-3-1-2-4-6(5)12-13-11/h1-4,11H. The number of halogens is 3. The quantitative estimate of drug-likeness (QED) is 0.731. The molecule has 1 N–H and O–H groups in total. The molecule has 0 saturated carbocycles. The van der Waals surface area contributed by atoms with Crippen molar-refractivity contribution < 1.29 is 13.2 Å². The summed E-state index contributed by atoms with van der Waals surface area (Å²) in [4.78, 5) is 0. The summed E-state index contributed by atoms with van der Waals surface area (Å²) in [6.45, 7) is 0. The number of rotatable bonds is 1. The van der Waals surface area contributed by atoms with Gasteiger partial charge in [-0.15, -0.1) is 0 Å². The van der Waals surface area contributed by atoms with E-state index >= 15 is 0 Å². The second-order valence-corrected chi connectivity index (χ2v) is 2.56. The SMILES string of the molecule is N=S=Nc1ccccc1C(F)(F)F. The first kappa shape index (κ1) is 9.91. The zero-order chi connectivity index (χ0) is 9.90. The van der Waals surface area contributed by atoms with Gasteiger partial charge in [-0.05, 0) is 12.1 Å². The molecule has 0 aliphatic carbocycles. The highest BCUT2D eigenvalue weighted by atomic mass is 32.1. The van der Waals surface area contributed by atoms with Gasteiger partial charge in [-0.3, -0.25) is 0 Å². The Morgan fingerprint density at radius 2 is 1.85 bits per heavy atom. The van der Waals surface area contributed by atoms with Crippen LogP contribution in [0, 0.1) is 4.78 Å². The Labute approximate surface area is 76.1 Å². The zero-order valence-electron chi connectivity index (χ0n) is 6.30. The third kappa shape index (κ3) is 2.38. The normalized spacial score (nSPS) is 11.0. The van der Waals surface area contributed by atoms with E-state index in [1.54, 1.807) is 0 Å². The van der Waals surface area contributed by atoms with Crippen LogP contribution in [-0.4, -0.2) is 0 Å². The molecule has 0 spiro atoms. The van der Waals surface area contributed by atoms with Crippen molar-refractivity contribution in [3.05, 3.63) is 29.8 Å². The van der Waals surface area contributed by atoms with Crippen molar-refractivity contribution in [3.63, 3.8) is 0 Å². The highest BCUT2D eigenvalue weighted by Crippen LogP contribution is 2.35. The van der Waals surface area contributed by atoms with E-state index in [2.05, 4.69) is 4.36 Å². The summed E-state index contributed by atoms with van der Waals surface area (Å²) >= 11 is 0.260. The summed E-state index contributed by atoms with van der Waals surface area (Å²) in [5, 5.41) is 0. The highest BCUT2D eigenvalue weighted by Gasteiger charge is 2.33. The fraction of sp³-hybridized carbons (Fsp3) is 0.143. The Morgan fingerprint density at radius 3 is 2.38 bits per heavy atom. The van der Waals surface area contributed by atoms with Crippen LogP contribution in [0.5, 0.6) is 0 Å². The molecule has 0 atom stereocenters. The van der Waals surface area contributed by atoms with E-state index in [0.29, 0.717) is 0 Å². The van der Waals surface area contributed by atoms with E-state index in [0.717, 1.165) is 6.07 Å². The van der Waals surface area contributed by atoms with Crippen LogP contribution in [0.15, 0.2) is 28.6 Å². The van der Waals surface area contributed by atoms with Gasteiger partial charge in [0.05, 0.1) is 22.6 Å². The van der Waals surface area contributed by atoms with Gasteiger partial charge in [0, 0.05) is 0 Å². The summed E-state index contributed by atoms with van der Waals surface area (Å²) in [7, 11) is 0. The van der Waals surface area contributed by atoms with Crippen molar-refractivity contribution >= 4 is 17.0 Å². The van der Waals surface area contributed by atoms with Gasteiger partial charge in [0.2, 0.25) is 0 Å². The average molecular weight is 206 g/mol. The summed E-state index contributed by atoms with van der Waals surface area (Å²) in [5.74, 6) is 0. The molecular formula is C7H5F3N2S. The van der Waals surface area contributed by atoms with Gasteiger partial charge in [-0.2, -0.15) is 17.5 Å². The average Bonchev–Trinajstić information content (AvgIpc) is 2.04. The van der Waals surface area contributed by atoms with Crippen LogP contribution in [0.1, 0.15) is 5.56 Å². The first-order valence-corrected chi connectivity index (χ1v) is 4.03. The largest absolute Gasteiger partial charge is 0.418 e. The summed E-state index contributed by atoms with van der Waals surface area (Å²) in [6.07, 6.45) is -4.41. The van der Waals surface area contributed by atoms with Crippen molar-refractivity contribution in [2.75, 3.05) is 0 Å². The molecule has 0 aliphatic rings. The molecule has 1 rings (SSSR count). The van der Waals surface area contributed by atoms with Crippen LogP contribution in [-0.2, 0) is 17.5 Å². The van der Waals surface area contributed by atoms with Gasteiger partial charge < -0.3 is 0 Å². The van der Waals surface area contributed by atoms with Crippen molar-refractivity contribution in [1.82, 2.24) is 0 Å². The molecule has 2 nitrogen and oxygen atoms in total. The van der Waals surface area contributed by atoms with Gasteiger partial charge in [0.1, 0.15) is 0 Å². The number of benzene rings is 1. The van der Waals surface area contributed by atoms with Gasteiger partial charge in [0.15, 0.2) is 0 Å². The topological polar surface area (TPSA) is 36.2 Å². The Hall–Kier alpha value is -1.17. The number of nitrogens with zero attached hydrogens (tertiary/aromatic N) is 1. The maximum Gasteiger partial charge on any atom is 0.418 e. The maximum atomic E-state index is 12.2. The van der Waals surface area contributed by atoms with Crippen molar-refractivity contribution in [1.29, 1.82) is 4.78 Å². The number of hydrogen-bond acceptors (Lipinski definition) is 2. The van der Waals surface area contributed by atoms with E-state index in [1.165, 1.54) is 18.2 Å². The third-order valence-corrected chi connectivity index (χ3v) is 1.64. The Kier molecular flexibility index (Phi) is 2.82. The minimum absolute atomic E-state index is 0.213.